The third-order valence-corrected chi connectivity index (χ3v) is 4.15. The molecular weight excluding hydrogens is 314 g/mol. The Morgan fingerprint density at radius 3 is 2.13 bits per heavy atom. The summed E-state index contributed by atoms with van der Waals surface area (Å²) in [5, 5.41) is 10.9. The highest BCUT2D eigenvalue weighted by Crippen LogP contribution is 2.23. The Morgan fingerprint density at radius 1 is 0.957 bits per heavy atom. The summed E-state index contributed by atoms with van der Waals surface area (Å²) in [6, 6.07) is 11.4. The van der Waals surface area contributed by atoms with Crippen LogP contribution < -0.4 is 14.9 Å². The SMILES string of the molecule is CS(=O)(=O)Nc1ccc(Nc2ccc(N3CCCC3)cc2)nn1. The van der Waals surface area contributed by atoms with Crippen LogP contribution in [0.1, 0.15) is 12.8 Å². The first kappa shape index (κ1) is 15.5. The number of aromatic nitrogens is 2. The molecule has 1 aromatic carbocycles. The van der Waals surface area contributed by atoms with Gasteiger partial charge in [-0.05, 0) is 49.2 Å². The number of benzene rings is 1. The number of nitrogens with one attached hydrogen (secondary N) is 2. The quantitative estimate of drug-likeness (QED) is 0.872. The molecule has 1 aromatic heterocycles. The van der Waals surface area contributed by atoms with Gasteiger partial charge < -0.3 is 10.2 Å². The standard InChI is InChI=1S/C15H19N5O2S/c1-23(21,22)19-15-9-8-14(17-18-15)16-12-4-6-13(7-5-12)20-10-2-3-11-20/h4-9H,2-3,10-11H2,1H3,(H,16,17)(H,18,19). The molecule has 7 nitrogen and oxygen atoms in total. The summed E-state index contributed by atoms with van der Waals surface area (Å²) in [7, 11) is -3.34. The van der Waals surface area contributed by atoms with Crippen molar-refractivity contribution in [2.75, 3.05) is 34.3 Å². The Balaban J connectivity index is 1.64. The van der Waals surface area contributed by atoms with E-state index in [0.717, 1.165) is 25.0 Å². The van der Waals surface area contributed by atoms with Crippen molar-refractivity contribution in [3.63, 3.8) is 0 Å². The minimum absolute atomic E-state index is 0.197. The molecule has 0 bridgehead atoms. The molecule has 122 valence electrons. The molecule has 0 atom stereocenters. The van der Waals surface area contributed by atoms with E-state index in [1.54, 1.807) is 12.1 Å². The van der Waals surface area contributed by atoms with Crippen LogP contribution in [-0.4, -0.2) is 38.0 Å². The zero-order chi connectivity index (χ0) is 16.3. The Morgan fingerprint density at radius 2 is 1.57 bits per heavy atom. The van der Waals surface area contributed by atoms with E-state index in [0.29, 0.717) is 5.82 Å². The molecule has 23 heavy (non-hydrogen) atoms. The predicted molar refractivity (Wildman–Crippen MR) is 91.7 cm³/mol. The van der Waals surface area contributed by atoms with E-state index in [9.17, 15) is 8.42 Å². The third kappa shape index (κ3) is 4.32. The summed E-state index contributed by atoms with van der Waals surface area (Å²) in [6.07, 6.45) is 3.58. The molecule has 3 rings (SSSR count). The Kier molecular flexibility index (Phi) is 4.33. The largest absolute Gasteiger partial charge is 0.372 e. The molecule has 1 fully saturated rings. The van der Waals surface area contributed by atoms with Crippen molar-refractivity contribution in [1.29, 1.82) is 0 Å². The average Bonchev–Trinajstić information content (AvgIpc) is 3.03. The van der Waals surface area contributed by atoms with E-state index in [4.69, 9.17) is 0 Å². The first-order valence-corrected chi connectivity index (χ1v) is 9.32. The molecule has 1 aliphatic rings. The number of sulfonamides is 1. The number of nitrogens with zero attached hydrogens (tertiary/aromatic N) is 3. The first-order chi connectivity index (χ1) is 11.0. The maximum atomic E-state index is 11.1. The second-order valence-electron chi connectivity index (χ2n) is 5.54. The van der Waals surface area contributed by atoms with E-state index >= 15 is 0 Å². The lowest BCUT2D eigenvalue weighted by Gasteiger charge is -2.17. The van der Waals surface area contributed by atoms with Crippen LogP contribution >= 0.6 is 0 Å². The molecule has 1 aliphatic heterocycles. The van der Waals surface area contributed by atoms with Gasteiger partial charge >= 0.3 is 0 Å². The van der Waals surface area contributed by atoms with Gasteiger partial charge in [-0.2, -0.15) is 0 Å². The molecule has 0 amide bonds. The molecule has 2 N–H and O–H groups in total. The number of anilines is 4. The molecule has 0 radical (unpaired) electrons. The van der Waals surface area contributed by atoms with Gasteiger partial charge in [0.25, 0.3) is 0 Å². The van der Waals surface area contributed by atoms with Crippen LogP contribution in [0, 0.1) is 0 Å². The van der Waals surface area contributed by atoms with Gasteiger partial charge in [-0.1, -0.05) is 0 Å². The molecule has 1 saturated heterocycles. The Hall–Kier alpha value is -2.35. The van der Waals surface area contributed by atoms with Crippen LogP contribution in [0.15, 0.2) is 36.4 Å². The highest BCUT2D eigenvalue weighted by atomic mass is 32.2. The minimum atomic E-state index is -3.34. The van der Waals surface area contributed by atoms with Crippen molar-refractivity contribution in [1.82, 2.24) is 10.2 Å². The average molecular weight is 333 g/mol. The van der Waals surface area contributed by atoms with E-state index in [2.05, 4.69) is 37.3 Å². The van der Waals surface area contributed by atoms with Crippen LogP contribution in [0.25, 0.3) is 0 Å². The fourth-order valence-corrected chi connectivity index (χ4v) is 3.01. The molecule has 0 unspecified atom stereocenters. The van der Waals surface area contributed by atoms with E-state index in [-0.39, 0.29) is 5.82 Å². The fraction of sp³-hybridized carbons (Fsp3) is 0.333. The van der Waals surface area contributed by atoms with E-state index in [1.165, 1.54) is 18.5 Å². The van der Waals surface area contributed by atoms with Gasteiger partial charge in [0.2, 0.25) is 10.0 Å². The summed E-state index contributed by atoms with van der Waals surface area (Å²) in [6.45, 7) is 2.24. The van der Waals surface area contributed by atoms with Gasteiger partial charge in [-0.3, -0.25) is 4.72 Å². The van der Waals surface area contributed by atoms with Crippen molar-refractivity contribution >= 4 is 33.0 Å². The number of hydrogen-bond acceptors (Lipinski definition) is 6. The third-order valence-electron chi connectivity index (χ3n) is 3.57. The van der Waals surface area contributed by atoms with E-state index < -0.39 is 10.0 Å². The lowest BCUT2D eigenvalue weighted by molar-refractivity contribution is 0.606. The van der Waals surface area contributed by atoms with Gasteiger partial charge in [0, 0.05) is 24.5 Å². The van der Waals surface area contributed by atoms with Crippen LogP contribution in [0.2, 0.25) is 0 Å². The minimum Gasteiger partial charge on any atom is -0.372 e. The summed E-state index contributed by atoms with van der Waals surface area (Å²) >= 11 is 0. The lowest BCUT2D eigenvalue weighted by Crippen LogP contribution is -2.17. The first-order valence-electron chi connectivity index (χ1n) is 7.43. The molecule has 2 heterocycles. The highest BCUT2D eigenvalue weighted by Gasteiger charge is 2.11. The molecular formula is C15H19N5O2S. The summed E-state index contributed by atoms with van der Waals surface area (Å²) in [5.74, 6) is 0.750. The Labute approximate surface area is 135 Å². The highest BCUT2D eigenvalue weighted by molar-refractivity contribution is 7.92. The van der Waals surface area contributed by atoms with Gasteiger partial charge in [0.1, 0.15) is 0 Å². The summed E-state index contributed by atoms with van der Waals surface area (Å²) < 4.78 is 24.5. The summed E-state index contributed by atoms with van der Waals surface area (Å²) in [5.41, 5.74) is 2.14. The molecule has 2 aromatic rings. The van der Waals surface area contributed by atoms with Gasteiger partial charge in [-0.25, -0.2) is 8.42 Å². The molecule has 0 saturated carbocycles. The zero-order valence-electron chi connectivity index (χ0n) is 12.9. The maximum absolute atomic E-state index is 11.1. The zero-order valence-corrected chi connectivity index (χ0v) is 13.7. The van der Waals surface area contributed by atoms with Crippen LogP contribution in [-0.2, 0) is 10.0 Å². The van der Waals surface area contributed by atoms with Gasteiger partial charge in [0.05, 0.1) is 6.26 Å². The van der Waals surface area contributed by atoms with Gasteiger partial charge in [0.15, 0.2) is 11.6 Å². The van der Waals surface area contributed by atoms with Gasteiger partial charge in [-0.15, -0.1) is 10.2 Å². The lowest BCUT2D eigenvalue weighted by atomic mass is 10.2. The molecule has 0 spiro atoms. The van der Waals surface area contributed by atoms with E-state index in [1.807, 2.05) is 12.1 Å². The summed E-state index contributed by atoms with van der Waals surface area (Å²) in [4.78, 5) is 2.37. The van der Waals surface area contributed by atoms with Crippen molar-refractivity contribution in [2.45, 2.75) is 12.8 Å². The van der Waals surface area contributed by atoms with Crippen molar-refractivity contribution in [3.8, 4) is 0 Å². The van der Waals surface area contributed by atoms with Crippen LogP contribution in [0.5, 0.6) is 0 Å². The fourth-order valence-electron chi connectivity index (χ4n) is 2.52. The normalized spacial score (nSPS) is 14.7. The maximum Gasteiger partial charge on any atom is 0.231 e. The predicted octanol–water partition coefficient (Wildman–Crippen LogP) is 2.19. The molecule has 0 aliphatic carbocycles. The van der Waals surface area contributed by atoms with Crippen LogP contribution in [0.3, 0.4) is 0 Å². The smallest absolute Gasteiger partial charge is 0.231 e. The second-order valence-corrected chi connectivity index (χ2v) is 7.29. The van der Waals surface area contributed by atoms with Crippen LogP contribution in [0.4, 0.5) is 23.0 Å². The van der Waals surface area contributed by atoms with Crippen molar-refractivity contribution in [2.24, 2.45) is 0 Å². The Bertz CT molecular complexity index is 753. The topological polar surface area (TPSA) is 87.2 Å². The molecule has 8 heteroatoms. The monoisotopic (exact) mass is 333 g/mol. The van der Waals surface area contributed by atoms with Crippen molar-refractivity contribution < 1.29 is 8.42 Å². The number of rotatable bonds is 5. The second kappa shape index (κ2) is 6.41. The van der Waals surface area contributed by atoms with Crippen molar-refractivity contribution in [3.05, 3.63) is 36.4 Å². The number of hydrogen-bond donors (Lipinski definition) is 2.